The molecule has 1 rings (SSSR count). The molecule has 0 amide bonds. The minimum atomic E-state index is 0.198. The van der Waals surface area contributed by atoms with E-state index in [0.29, 0.717) is 11.7 Å². The maximum absolute atomic E-state index is 8.78. The summed E-state index contributed by atoms with van der Waals surface area (Å²) in [5, 5.41) is 13.2. The second-order valence-electron chi connectivity index (χ2n) is 4.56. The molecular weight excluding hydrogens is 232 g/mol. The van der Waals surface area contributed by atoms with Gasteiger partial charge in [0.15, 0.2) is 0 Å². The van der Waals surface area contributed by atoms with Gasteiger partial charge in [0.1, 0.15) is 0 Å². The smallest absolute Gasteiger partial charge is 0.0990 e. The van der Waals surface area contributed by atoms with E-state index in [1.807, 2.05) is 6.20 Å². The van der Waals surface area contributed by atoms with Crippen LogP contribution < -0.4 is 5.32 Å². The van der Waals surface area contributed by atoms with Gasteiger partial charge in [-0.3, -0.25) is 0 Å². The van der Waals surface area contributed by atoms with Gasteiger partial charge in [0.2, 0.25) is 0 Å². The van der Waals surface area contributed by atoms with Crippen LogP contribution in [0.15, 0.2) is 17.3 Å². The average Bonchev–Trinajstić information content (AvgIpc) is 2.27. The molecule has 0 fully saturated rings. The third-order valence-corrected chi connectivity index (χ3v) is 3.39. The molecule has 0 saturated carbocycles. The fraction of sp³-hybridized carbons (Fsp3) is 0.615. The number of aromatic nitrogens is 1. The number of aliphatic hydroxyl groups excluding tert-OH is 1. The van der Waals surface area contributed by atoms with Gasteiger partial charge in [-0.2, -0.15) is 0 Å². The van der Waals surface area contributed by atoms with Crippen LogP contribution in [0.4, 0.5) is 0 Å². The highest BCUT2D eigenvalue weighted by atomic mass is 32.2. The summed E-state index contributed by atoms with van der Waals surface area (Å²) in [6.45, 7) is 8.56. The van der Waals surface area contributed by atoms with Crippen LogP contribution in [-0.2, 0) is 6.54 Å². The summed E-state index contributed by atoms with van der Waals surface area (Å²) in [5.74, 6) is 1.38. The van der Waals surface area contributed by atoms with Crippen molar-refractivity contribution in [3.8, 4) is 0 Å². The predicted molar refractivity (Wildman–Crippen MR) is 73.3 cm³/mol. The quantitative estimate of drug-likeness (QED) is 0.732. The number of pyridine rings is 1. The van der Waals surface area contributed by atoms with Crippen LogP contribution in [0.3, 0.4) is 0 Å². The lowest BCUT2D eigenvalue weighted by Crippen LogP contribution is -2.19. The van der Waals surface area contributed by atoms with Crippen molar-refractivity contribution in [1.29, 1.82) is 0 Å². The van der Waals surface area contributed by atoms with E-state index in [1.54, 1.807) is 11.8 Å². The van der Waals surface area contributed by atoms with Crippen molar-refractivity contribution in [2.75, 3.05) is 18.9 Å². The Bertz CT molecular complexity index is 342. The fourth-order valence-electron chi connectivity index (χ4n) is 1.52. The number of aryl methyl sites for hydroxylation is 1. The van der Waals surface area contributed by atoms with Crippen molar-refractivity contribution in [3.63, 3.8) is 0 Å². The Morgan fingerprint density at radius 3 is 2.82 bits per heavy atom. The van der Waals surface area contributed by atoms with Gasteiger partial charge >= 0.3 is 0 Å². The van der Waals surface area contributed by atoms with Crippen molar-refractivity contribution in [2.24, 2.45) is 5.92 Å². The van der Waals surface area contributed by atoms with E-state index in [0.717, 1.165) is 18.1 Å². The summed E-state index contributed by atoms with van der Waals surface area (Å²) < 4.78 is 0. The van der Waals surface area contributed by atoms with E-state index >= 15 is 0 Å². The Balaban J connectivity index is 2.50. The first-order valence-corrected chi connectivity index (χ1v) is 7.02. The van der Waals surface area contributed by atoms with E-state index in [2.05, 4.69) is 37.1 Å². The third kappa shape index (κ3) is 5.52. The molecule has 3 nitrogen and oxygen atoms in total. The molecule has 0 aliphatic rings. The number of hydrogen-bond acceptors (Lipinski definition) is 4. The molecular formula is C13H22N2OS. The van der Waals surface area contributed by atoms with Gasteiger partial charge < -0.3 is 10.4 Å². The first-order valence-electron chi connectivity index (χ1n) is 6.03. The number of nitrogens with zero attached hydrogens (tertiary/aromatic N) is 1. The Labute approximate surface area is 108 Å². The predicted octanol–water partition coefficient (Wildman–Crippen LogP) is 2.22. The Morgan fingerprint density at radius 1 is 1.47 bits per heavy atom. The van der Waals surface area contributed by atoms with Crippen molar-refractivity contribution in [2.45, 2.75) is 32.3 Å². The summed E-state index contributed by atoms with van der Waals surface area (Å²) in [6, 6.07) is 2.17. The van der Waals surface area contributed by atoms with Crippen molar-refractivity contribution in [3.05, 3.63) is 23.4 Å². The monoisotopic (exact) mass is 254 g/mol. The number of aliphatic hydroxyl groups is 1. The molecule has 17 heavy (non-hydrogen) atoms. The zero-order valence-electron chi connectivity index (χ0n) is 10.9. The lowest BCUT2D eigenvalue weighted by molar-refractivity contribution is 0.322. The molecule has 1 aromatic heterocycles. The minimum absolute atomic E-state index is 0.198. The molecule has 0 spiro atoms. The van der Waals surface area contributed by atoms with E-state index in [-0.39, 0.29) is 6.61 Å². The van der Waals surface area contributed by atoms with Gasteiger partial charge in [0.05, 0.1) is 11.6 Å². The zero-order valence-corrected chi connectivity index (χ0v) is 11.7. The molecule has 96 valence electrons. The Hall–Kier alpha value is -0.580. The summed E-state index contributed by atoms with van der Waals surface area (Å²) in [4.78, 5) is 4.43. The van der Waals surface area contributed by atoms with E-state index in [9.17, 15) is 0 Å². The van der Waals surface area contributed by atoms with Gasteiger partial charge in [-0.05, 0) is 30.5 Å². The second-order valence-corrected chi connectivity index (χ2v) is 5.65. The normalized spacial score (nSPS) is 11.1. The Morgan fingerprint density at radius 2 is 2.24 bits per heavy atom. The van der Waals surface area contributed by atoms with Crippen LogP contribution in [0.1, 0.15) is 25.0 Å². The number of nitrogens with one attached hydrogen (secondary N) is 1. The Kier molecular flexibility index (Phi) is 6.55. The summed E-state index contributed by atoms with van der Waals surface area (Å²) in [5.41, 5.74) is 2.41. The molecule has 0 unspecified atom stereocenters. The highest BCUT2D eigenvalue weighted by Gasteiger charge is 2.02. The molecule has 0 aliphatic heterocycles. The second kappa shape index (κ2) is 7.69. The molecule has 0 bridgehead atoms. The standard InChI is InChI=1S/C13H22N2OS/c1-10(2)7-14-8-12-6-11(3)13(15-9-12)17-5-4-16/h6,9-10,14,16H,4-5,7-8H2,1-3H3. The summed E-state index contributed by atoms with van der Waals surface area (Å²) in [6.07, 6.45) is 1.92. The lowest BCUT2D eigenvalue weighted by Gasteiger charge is -2.09. The van der Waals surface area contributed by atoms with Crippen LogP contribution in [-0.4, -0.2) is 29.0 Å². The molecule has 0 aliphatic carbocycles. The van der Waals surface area contributed by atoms with Crippen LogP contribution >= 0.6 is 11.8 Å². The van der Waals surface area contributed by atoms with E-state index in [4.69, 9.17) is 5.11 Å². The molecule has 0 radical (unpaired) electrons. The lowest BCUT2D eigenvalue weighted by atomic mass is 10.2. The van der Waals surface area contributed by atoms with Crippen LogP contribution in [0.5, 0.6) is 0 Å². The molecule has 0 saturated heterocycles. The number of rotatable bonds is 7. The van der Waals surface area contributed by atoms with Crippen molar-refractivity contribution in [1.82, 2.24) is 10.3 Å². The third-order valence-electron chi connectivity index (χ3n) is 2.30. The number of thioether (sulfide) groups is 1. The summed E-state index contributed by atoms with van der Waals surface area (Å²) in [7, 11) is 0. The highest BCUT2D eigenvalue weighted by Crippen LogP contribution is 2.19. The highest BCUT2D eigenvalue weighted by molar-refractivity contribution is 7.99. The average molecular weight is 254 g/mol. The van der Waals surface area contributed by atoms with Gasteiger partial charge in [0, 0.05) is 18.5 Å². The minimum Gasteiger partial charge on any atom is -0.396 e. The molecule has 0 aromatic carbocycles. The molecule has 0 atom stereocenters. The fourth-order valence-corrected chi connectivity index (χ4v) is 2.21. The van der Waals surface area contributed by atoms with Crippen LogP contribution in [0, 0.1) is 12.8 Å². The largest absolute Gasteiger partial charge is 0.396 e. The molecule has 1 aromatic rings. The first kappa shape index (κ1) is 14.5. The van der Waals surface area contributed by atoms with Gasteiger partial charge in [-0.1, -0.05) is 19.9 Å². The topological polar surface area (TPSA) is 45.2 Å². The van der Waals surface area contributed by atoms with Crippen molar-refractivity contribution < 1.29 is 5.11 Å². The SMILES string of the molecule is Cc1cc(CNCC(C)C)cnc1SCCO. The van der Waals surface area contributed by atoms with Crippen molar-refractivity contribution >= 4 is 11.8 Å². The van der Waals surface area contributed by atoms with E-state index < -0.39 is 0 Å². The van der Waals surface area contributed by atoms with Gasteiger partial charge in [0.25, 0.3) is 0 Å². The maximum Gasteiger partial charge on any atom is 0.0990 e. The number of hydrogen-bond donors (Lipinski definition) is 2. The van der Waals surface area contributed by atoms with Gasteiger partial charge in [-0.25, -0.2) is 4.98 Å². The first-order chi connectivity index (χ1) is 8.13. The van der Waals surface area contributed by atoms with Gasteiger partial charge in [-0.15, -0.1) is 11.8 Å². The molecule has 4 heteroatoms. The van der Waals surface area contributed by atoms with E-state index in [1.165, 1.54) is 11.1 Å². The van der Waals surface area contributed by atoms with Crippen LogP contribution in [0.2, 0.25) is 0 Å². The molecule has 2 N–H and O–H groups in total. The van der Waals surface area contributed by atoms with Crippen LogP contribution in [0.25, 0.3) is 0 Å². The summed E-state index contributed by atoms with van der Waals surface area (Å²) >= 11 is 1.60. The molecule has 1 heterocycles. The maximum atomic E-state index is 8.78. The zero-order chi connectivity index (χ0) is 12.7.